The molecule has 2 aromatic rings. The van der Waals surface area contributed by atoms with Crippen LogP contribution >= 0.6 is 15.9 Å². The number of hydrogen-bond donors (Lipinski definition) is 0. The molecule has 1 heterocycles. The Labute approximate surface area is 166 Å². The Kier molecular flexibility index (Phi) is 5.86. The quantitative estimate of drug-likeness (QED) is 0.484. The molecule has 0 saturated carbocycles. The average Bonchev–Trinajstić information content (AvgIpc) is 3.02. The van der Waals surface area contributed by atoms with Crippen LogP contribution in [0.1, 0.15) is 18.1 Å². The Morgan fingerprint density at radius 3 is 2.48 bits per heavy atom. The first-order valence-electron chi connectivity index (χ1n) is 8.36. The molecular formula is C21H19BrO5. The van der Waals surface area contributed by atoms with Gasteiger partial charge in [0.2, 0.25) is 0 Å². The molecule has 0 atom stereocenters. The Morgan fingerprint density at radius 1 is 1.11 bits per heavy atom. The predicted molar refractivity (Wildman–Crippen MR) is 107 cm³/mol. The van der Waals surface area contributed by atoms with Gasteiger partial charge in [0, 0.05) is 5.56 Å². The number of cyclic esters (lactones) is 1. The van der Waals surface area contributed by atoms with Crippen molar-refractivity contribution in [1.29, 1.82) is 0 Å². The molecule has 27 heavy (non-hydrogen) atoms. The second-order valence-corrected chi connectivity index (χ2v) is 6.55. The van der Waals surface area contributed by atoms with Crippen molar-refractivity contribution in [2.24, 2.45) is 0 Å². The molecule has 0 N–H and O–H groups in total. The van der Waals surface area contributed by atoms with Crippen LogP contribution in [0.2, 0.25) is 0 Å². The van der Waals surface area contributed by atoms with Crippen molar-refractivity contribution in [1.82, 2.24) is 0 Å². The first kappa shape index (κ1) is 19.0. The predicted octanol–water partition coefficient (Wildman–Crippen LogP) is 4.85. The number of ether oxygens (including phenoxy) is 4. The van der Waals surface area contributed by atoms with E-state index >= 15 is 0 Å². The molecule has 6 heteroatoms. The van der Waals surface area contributed by atoms with Gasteiger partial charge >= 0.3 is 5.97 Å². The number of hydrogen-bond acceptors (Lipinski definition) is 5. The van der Waals surface area contributed by atoms with Gasteiger partial charge < -0.3 is 18.9 Å². The van der Waals surface area contributed by atoms with E-state index in [4.69, 9.17) is 18.9 Å². The number of esters is 1. The fourth-order valence-corrected chi connectivity index (χ4v) is 3.32. The largest absolute Gasteiger partial charge is 0.497 e. The number of carbonyl (C=O) groups excluding carboxylic acids is 1. The van der Waals surface area contributed by atoms with Gasteiger partial charge in [-0.2, -0.15) is 0 Å². The third-order valence-corrected chi connectivity index (χ3v) is 4.55. The van der Waals surface area contributed by atoms with Crippen LogP contribution in [0.5, 0.6) is 17.2 Å². The third-order valence-electron chi connectivity index (χ3n) is 3.96. The highest BCUT2D eigenvalue weighted by Crippen LogP contribution is 2.38. The summed E-state index contributed by atoms with van der Waals surface area (Å²) in [6, 6.07) is 11.0. The van der Waals surface area contributed by atoms with Gasteiger partial charge in [-0.25, -0.2) is 4.79 Å². The van der Waals surface area contributed by atoms with Crippen LogP contribution in [0.15, 0.2) is 52.5 Å². The van der Waals surface area contributed by atoms with Crippen molar-refractivity contribution >= 4 is 33.7 Å². The van der Waals surface area contributed by atoms with Gasteiger partial charge in [0.15, 0.2) is 11.5 Å². The monoisotopic (exact) mass is 430 g/mol. The Balaban J connectivity index is 1.94. The lowest BCUT2D eigenvalue weighted by Crippen LogP contribution is -1.98. The van der Waals surface area contributed by atoms with Crippen LogP contribution in [0.25, 0.3) is 11.8 Å². The molecular weight excluding hydrogens is 412 g/mol. The molecule has 0 fully saturated rings. The minimum atomic E-state index is -0.397. The van der Waals surface area contributed by atoms with E-state index in [9.17, 15) is 4.79 Å². The highest BCUT2D eigenvalue weighted by Gasteiger charge is 2.22. The van der Waals surface area contributed by atoms with E-state index in [1.807, 2.05) is 43.3 Å². The summed E-state index contributed by atoms with van der Waals surface area (Å²) in [4.78, 5) is 12.3. The van der Waals surface area contributed by atoms with Gasteiger partial charge in [-0.3, -0.25) is 0 Å². The van der Waals surface area contributed by atoms with Gasteiger partial charge in [0.25, 0.3) is 0 Å². The van der Waals surface area contributed by atoms with Crippen molar-refractivity contribution in [2.75, 3.05) is 20.8 Å². The van der Waals surface area contributed by atoms with Gasteiger partial charge in [0.05, 0.1) is 30.9 Å². The normalized spacial score (nSPS) is 14.7. The molecule has 0 bridgehead atoms. The summed E-state index contributed by atoms with van der Waals surface area (Å²) >= 11 is 3.48. The Morgan fingerprint density at radius 2 is 1.85 bits per heavy atom. The summed E-state index contributed by atoms with van der Waals surface area (Å²) < 4.78 is 22.3. The Hall–Kier alpha value is -2.73. The molecule has 0 amide bonds. The SMILES string of the molecule is CCOc1cc(/C=C2/C=C(c3ccc(OC)cc3)OC2=O)cc(Br)c1OC. The maximum Gasteiger partial charge on any atom is 0.343 e. The third kappa shape index (κ3) is 4.17. The summed E-state index contributed by atoms with van der Waals surface area (Å²) in [5.41, 5.74) is 2.06. The smallest absolute Gasteiger partial charge is 0.343 e. The molecule has 140 valence electrons. The molecule has 3 rings (SSSR count). The molecule has 0 saturated heterocycles. The van der Waals surface area contributed by atoms with Gasteiger partial charge in [-0.05, 0) is 77.0 Å². The van der Waals surface area contributed by atoms with Crippen LogP contribution < -0.4 is 14.2 Å². The molecule has 2 aromatic carbocycles. The highest BCUT2D eigenvalue weighted by molar-refractivity contribution is 9.10. The summed E-state index contributed by atoms with van der Waals surface area (Å²) in [7, 11) is 3.19. The van der Waals surface area contributed by atoms with E-state index in [-0.39, 0.29) is 0 Å². The van der Waals surface area contributed by atoms with Crippen LogP contribution in [-0.4, -0.2) is 26.8 Å². The molecule has 0 radical (unpaired) electrons. The van der Waals surface area contributed by atoms with E-state index < -0.39 is 5.97 Å². The topological polar surface area (TPSA) is 54.0 Å². The minimum Gasteiger partial charge on any atom is -0.497 e. The molecule has 1 aliphatic heterocycles. The van der Waals surface area contributed by atoms with Crippen molar-refractivity contribution in [3.05, 3.63) is 63.6 Å². The number of rotatable bonds is 6. The standard InChI is InChI=1S/C21H19BrO5/c1-4-26-19-11-13(10-17(22)20(19)25-3)9-15-12-18(27-21(15)23)14-5-7-16(24-2)8-6-14/h5-12H,4H2,1-3H3/b15-9-. The average molecular weight is 431 g/mol. The summed E-state index contributed by atoms with van der Waals surface area (Å²) in [6.07, 6.45) is 3.48. The molecule has 0 aliphatic carbocycles. The van der Waals surface area contributed by atoms with E-state index in [1.165, 1.54) is 0 Å². The van der Waals surface area contributed by atoms with Crippen molar-refractivity contribution in [3.63, 3.8) is 0 Å². The molecule has 5 nitrogen and oxygen atoms in total. The van der Waals surface area contributed by atoms with E-state index in [2.05, 4.69) is 15.9 Å². The lowest BCUT2D eigenvalue weighted by atomic mass is 10.1. The van der Waals surface area contributed by atoms with Crippen molar-refractivity contribution < 1.29 is 23.7 Å². The van der Waals surface area contributed by atoms with Crippen LogP contribution in [-0.2, 0) is 9.53 Å². The summed E-state index contributed by atoms with van der Waals surface area (Å²) in [5, 5.41) is 0. The van der Waals surface area contributed by atoms with Crippen molar-refractivity contribution in [2.45, 2.75) is 6.92 Å². The van der Waals surface area contributed by atoms with Crippen molar-refractivity contribution in [3.8, 4) is 17.2 Å². The first-order chi connectivity index (χ1) is 13.0. The molecule has 0 unspecified atom stereocenters. The number of methoxy groups -OCH3 is 2. The number of carbonyl (C=O) groups is 1. The maximum absolute atomic E-state index is 12.3. The lowest BCUT2D eigenvalue weighted by molar-refractivity contribution is -0.130. The fraction of sp³-hybridized carbons (Fsp3) is 0.190. The van der Waals surface area contributed by atoms with Gasteiger partial charge in [-0.15, -0.1) is 0 Å². The zero-order valence-corrected chi connectivity index (χ0v) is 16.8. The van der Waals surface area contributed by atoms with E-state index in [1.54, 1.807) is 26.4 Å². The number of benzene rings is 2. The zero-order chi connectivity index (χ0) is 19.4. The second kappa shape index (κ2) is 8.31. The fourth-order valence-electron chi connectivity index (χ4n) is 2.70. The van der Waals surface area contributed by atoms with Gasteiger partial charge in [0.1, 0.15) is 11.5 Å². The molecule has 0 spiro atoms. The lowest BCUT2D eigenvalue weighted by Gasteiger charge is -2.12. The van der Waals surface area contributed by atoms with Crippen LogP contribution in [0.4, 0.5) is 0 Å². The summed E-state index contributed by atoms with van der Waals surface area (Å²) in [5.74, 6) is 2.07. The Bertz CT molecular complexity index is 913. The zero-order valence-electron chi connectivity index (χ0n) is 15.2. The number of halogens is 1. The highest BCUT2D eigenvalue weighted by atomic mass is 79.9. The molecule has 1 aliphatic rings. The maximum atomic E-state index is 12.3. The minimum absolute atomic E-state index is 0.397. The van der Waals surface area contributed by atoms with Crippen LogP contribution in [0, 0.1) is 0 Å². The molecule has 0 aromatic heterocycles. The van der Waals surface area contributed by atoms with E-state index in [0.717, 1.165) is 21.3 Å². The second-order valence-electron chi connectivity index (χ2n) is 5.69. The first-order valence-corrected chi connectivity index (χ1v) is 9.15. The van der Waals surface area contributed by atoms with E-state index in [0.29, 0.717) is 29.4 Å². The van der Waals surface area contributed by atoms with Crippen LogP contribution in [0.3, 0.4) is 0 Å². The summed E-state index contributed by atoms with van der Waals surface area (Å²) in [6.45, 7) is 2.41. The van der Waals surface area contributed by atoms with Gasteiger partial charge in [-0.1, -0.05) is 0 Å².